The van der Waals surface area contributed by atoms with Crippen LogP contribution in [0, 0.1) is 5.82 Å². The van der Waals surface area contributed by atoms with Gasteiger partial charge < -0.3 is 10.4 Å². The smallest absolute Gasteiger partial charge is 0.330 e. The molecule has 0 aliphatic carbocycles. The third-order valence-electron chi connectivity index (χ3n) is 3.47. The van der Waals surface area contributed by atoms with Gasteiger partial charge in [0.15, 0.2) is 6.04 Å². The SMILES string of the molecule is O=C(CCCc1ccc(F)cc1)NC(C(=O)O)c1ccccc1. The molecule has 0 saturated carbocycles. The highest BCUT2D eigenvalue weighted by Crippen LogP contribution is 2.13. The van der Waals surface area contributed by atoms with Crippen molar-refractivity contribution in [2.24, 2.45) is 0 Å². The highest BCUT2D eigenvalue weighted by molar-refractivity contribution is 5.84. The van der Waals surface area contributed by atoms with Gasteiger partial charge in [-0.05, 0) is 36.1 Å². The van der Waals surface area contributed by atoms with Crippen LogP contribution in [0.25, 0.3) is 0 Å². The number of aryl methyl sites for hydroxylation is 1. The van der Waals surface area contributed by atoms with Crippen LogP contribution in [0.2, 0.25) is 0 Å². The van der Waals surface area contributed by atoms with Gasteiger partial charge in [0.2, 0.25) is 5.91 Å². The van der Waals surface area contributed by atoms with Crippen LogP contribution >= 0.6 is 0 Å². The summed E-state index contributed by atoms with van der Waals surface area (Å²) in [4.78, 5) is 23.3. The van der Waals surface area contributed by atoms with E-state index in [4.69, 9.17) is 0 Å². The molecule has 0 fully saturated rings. The Balaban J connectivity index is 1.85. The number of nitrogens with one attached hydrogen (secondary N) is 1. The lowest BCUT2D eigenvalue weighted by molar-refractivity contribution is -0.142. The summed E-state index contributed by atoms with van der Waals surface area (Å²) in [6, 6.07) is 13.6. The van der Waals surface area contributed by atoms with E-state index in [-0.39, 0.29) is 18.1 Å². The maximum atomic E-state index is 12.8. The molecule has 1 atom stereocenters. The molecule has 2 aromatic carbocycles. The van der Waals surface area contributed by atoms with Crippen molar-refractivity contribution in [1.82, 2.24) is 5.32 Å². The molecule has 0 spiro atoms. The molecule has 4 nitrogen and oxygen atoms in total. The fourth-order valence-electron chi connectivity index (χ4n) is 2.27. The third-order valence-corrected chi connectivity index (χ3v) is 3.47. The molecule has 0 saturated heterocycles. The van der Waals surface area contributed by atoms with E-state index in [0.29, 0.717) is 18.4 Å². The summed E-state index contributed by atoms with van der Waals surface area (Å²) in [7, 11) is 0. The molecule has 120 valence electrons. The molecule has 0 radical (unpaired) electrons. The Hall–Kier alpha value is -2.69. The summed E-state index contributed by atoms with van der Waals surface area (Å²) < 4.78 is 12.8. The monoisotopic (exact) mass is 315 g/mol. The molecule has 0 aromatic heterocycles. The van der Waals surface area contributed by atoms with Crippen molar-refractivity contribution in [3.05, 3.63) is 71.5 Å². The number of hydrogen-bond donors (Lipinski definition) is 2. The van der Waals surface area contributed by atoms with Crippen LogP contribution in [-0.4, -0.2) is 17.0 Å². The van der Waals surface area contributed by atoms with Gasteiger partial charge in [0.25, 0.3) is 0 Å². The van der Waals surface area contributed by atoms with E-state index in [2.05, 4.69) is 5.32 Å². The fraction of sp³-hybridized carbons (Fsp3) is 0.222. The predicted octanol–water partition coefficient (Wildman–Crippen LogP) is 3.09. The minimum atomic E-state index is -1.09. The average Bonchev–Trinajstić information content (AvgIpc) is 2.55. The first-order chi connectivity index (χ1) is 11.1. The normalized spacial score (nSPS) is 11.7. The van der Waals surface area contributed by atoms with Crippen molar-refractivity contribution in [1.29, 1.82) is 0 Å². The topological polar surface area (TPSA) is 66.4 Å². The van der Waals surface area contributed by atoms with Gasteiger partial charge in [-0.25, -0.2) is 9.18 Å². The Morgan fingerprint density at radius 2 is 1.70 bits per heavy atom. The Labute approximate surface area is 134 Å². The van der Waals surface area contributed by atoms with Gasteiger partial charge in [-0.2, -0.15) is 0 Å². The highest BCUT2D eigenvalue weighted by atomic mass is 19.1. The molecule has 1 unspecified atom stereocenters. The van der Waals surface area contributed by atoms with E-state index in [9.17, 15) is 19.1 Å². The minimum Gasteiger partial charge on any atom is -0.479 e. The van der Waals surface area contributed by atoms with Gasteiger partial charge in [-0.3, -0.25) is 4.79 Å². The van der Waals surface area contributed by atoms with Gasteiger partial charge in [0.1, 0.15) is 5.82 Å². The molecule has 0 aliphatic heterocycles. The first kappa shape index (κ1) is 16.7. The molecule has 23 heavy (non-hydrogen) atoms. The van der Waals surface area contributed by atoms with Crippen molar-refractivity contribution >= 4 is 11.9 Å². The number of carbonyl (C=O) groups excluding carboxylic acids is 1. The quantitative estimate of drug-likeness (QED) is 0.825. The zero-order valence-electron chi connectivity index (χ0n) is 12.5. The van der Waals surface area contributed by atoms with Gasteiger partial charge in [-0.15, -0.1) is 0 Å². The molecule has 2 aromatic rings. The first-order valence-electron chi connectivity index (χ1n) is 7.38. The van der Waals surface area contributed by atoms with Gasteiger partial charge in [0.05, 0.1) is 0 Å². The van der Waals surface area contributed by atoms with Gasteiger partial charge in [0, 0.05) is 6.42 Å². The Morgan fingerprint density at radius 3 is 2.30 bits per heavy atom. The molecular formula is C18H18FNO3. The second kappa shape index (κ2) is 8.08. The van der Waals surface area contributed by atoms with E-state index >= 15 is 0 Å². The number of hydrogen-bond acceptors (Lipinski definition) is 2. The van der Waals surface area contributed by atoms with Gasteiger partial charge >= 0.3 is 5.97 Å². The molecule has 5 heteroatoms. The minimum absolute atomic E-state index is 0.216. The van der Waals surface area contributed by atoms with Crippen LogP contribution < -0.4 is 5.32 Å². The van der Waals surface area contributed by atoms with Crippen LogP contribution in [0.1, 0.15) is 30.0 Å². The Kier molecular flexibility index (Phi) is 5.86. The lowest BCUT2D eigenvalue weighted by Gasteiger charge is -2.14. The number of aliphatic carboxylic acids is 1. The lowest BCUT2D eigenvalue weighted by atomic mass is 10.1. The number of carbonyl (C=O) groups is 2. The standard InChI is InChI=1S/C18H18FNO3/c19-15-11-9-13(10-12-15)5-4-8-16(21)20-17(18(22)23)14-6-2-1-3-7-14/h1-3,6-7,9-12,17H,4-5,8H2,(H,20,21)(H,22,23). The van der Waals surface area contributed by atoms with E-state index in [1.165, 1.54) is 12.1 Å². The van der Waals surface area contributed by atoms with Crippen LogP contribution in [0.15, 0.2) is 54.6 Å². The molecule has 2 rings (SSSR count). The fourth-order valence-corrected chi connectivity index (χ4v) is 2.27. The number of amides is 1. The zero-order chi connectivity index (χ0) is 16.7. The maximum absolute atomic E-state index is 12.8. The second-order valence-electron chi connectivity index (χ2n) is 5.23. The molecule has 1 amide bonds. The number of benzene rings is 2. The number of rotatable bonds is 7. The molecule has 2 N–H and O–H groups in total. The largest absolute Gasteiger partial charge is 0.479 e. The molecule has 0 aliphatic rings. The maximum Gasteiger partial charge on any atom is 0.330 e. The molecule has 0 bridgehead atoms. The van der Waals surface area contributed by atoms with E-state index in [1.54, 1.807) is 42.5 Å². The Morgan fingerprint density at radius 1 is 1.04 bits per heavy atom. The van der Waals surface area contributed by atoms with Crippen molar-refractivity contribution < 1.29 is 19.1 Å². The highest BCUT2D eigenvalue weighted by Gasteiger charge is 2.21. The summed E-state index contributed by atoms with van der Waals surface area (Å²) in [5.74, 6) is -1.70. The van der Waals surface area contributed by atoms with E-state index in [0.717, 1.165) is 5.56 Å². The predicted molar refractivity (Wildman–Crippen MR) is 84.3 cm³/mol. The van der Waals surface area contributed by atoms with Crippen LogP contribution in [0.5, 0.6) is 0 Å². The summed E-state index contributed by atoms with van der Waals surface area (Å²) in [6.07, 6.45) is 1.42. The molecular weight excluding hydrogens is 297 g/mol. The summed E-state index contributed by atoms with van der Waals surface area (Å²) in [6.45, 7) is 0. The van der Waals surface area contributed by atoms with Crippen molar-refractivity contribution in [3.63, 3.8) is 0 Å². The summed E-state index contributed by atoms with van der Waals surface area (Å²) in [5, 5.41) is 11.8. The third kappa shape index (κ3) is 5.21. The van der Waals surface area contributed by atoms with Crippen molar-refractivity contribution in [3.8, 4) is 0 Å². The van der Waals surface area contributed by atoms with Crippen LogP contribution in [0.4, 0.5) is 4.39 Å². The first-order valence-corrected chi connectivity index (χ1v) is 7.38. The van der Waals surface area contributed by atoms with Crippen molar-refractivity contribution in [2.45, 2.75) is 25.3 Å². The lowest BCUT2D eigenvalue weighted by Crippen LogP contribution is -2.33. The number of carboxylic acid groups (broad SMARTS) is 1. The van der Waals surface area contributed by atoms with Gasteiger partial charge in [-0.1, -0.05) is 42.5 Å². The van der Waals surface area contributed by atoms with Crippen LogP contribution in [-0.2, 0) is 16.0 Å². The summed E-state index contributed by atoms with van der Waals surface area (Å²) >= 11 is 0. The second-order valence-corrected chi connectivity index (χ2v) is 5.23. The Bertz CT molecular complexity index is 656. The van der Waals surface area contributed by atoms with Crippen molar-refractivity contribution in [2.75, 3.05) is 0 Å². The summed E-state index contributed by atoms with van der Waals surface area (Å²) in [5.41, 5.74) is 1.48. The number of halogens is 1. The number of carboxylic acids is 1. The average molecular weight is 315 g/mol. The zero-order valence-corrected chi connectivity index (χ0v) is 12.5. The molecule has 0 heterocycles. The van der Waals surface area contributed by atoms with E-state index in [1.807, 2.05) is 0 Å². The van der Waals surface area contributed by atoms with Crippen LogP contribution in [0.3, 0.4) is 0 Å². The van der Waals surface area contributed by atoms with E-state index < -0.39 is 12.0 Å².